The van der Waals surface area contributed by atoms with Crippen molar-refractivity contribution in [2.45, 2.75) is 0 Å². The van der Waals surface area contributed by atoms with Crippen LogP contribution in [0.3, 0.4) is 0 Å². The molecule has 1 N–H and O–H groups in total. The molecule has 0 bridgehead atoms. The smallest absolute Gasteiger partial charge is 0.262 e. The van der Waals surface area contributed by atoms with Crippen LogP contribution in [0.25, 0.3) is 28.6 Å². The molecular weight excluding hydrogens is 431 g/mol. The number of nitrogens with zero attached hydrogens (tertiary/aromatic N) is 5. The van der Waals surface area contributed by atoms with Crippen LogP contribution in [0.1, 0.15) is 21.5 Å². The van der Waals surface area contributed by atoms with E-state index in [1.807, 2.05) is 41.0 Å². The van der Waals surface area contributed by atoms with Gasteiger partial charge in [-0.15, -0.1) is 0 Å². The predicted octanol–water partition coefficient (Wildman–Crippen LogP) is 4.25. The molecule has 0 spiro atoms. The van der Waals surface area contributed by atoms with E-state index in [1.54, 1.807) is 43.7 Å². The highest BCUT2D eigenvalue weighted by Crippen LogP contribution is 2.26. The van der Waals surface area contributed by atoms with Crippen LogP contribution in [0, 0.1) is 5.82 Å². The van der Waals surface area contributed by atoms with Gasteiger partial charge >= 0.3 is 0 Å². The third-order valence-electron chi connectivity index (χ3n) is 5.89. The number of hydrazine groups is 1. The van der Waals surface area contributed by atoms with Gasteiger partial charge in [0, 0.05) is 44.8 Å². The highest BCUT2D eigenvalue weighted by atomic mass is 19.1. The normalized spacial score (nSPS) is 13.3. The number of pyridine rings is 2. The molecule has 8 heteroatoms. The van der Waals surface area contributed by atoms with Gasteiger partial charge in [-0.2, -0.15) is 0 Å². The second kappa shape index (κ2) is 8.57. The summed E-state index contributed by atoms with van der Waals surface area (Å²) in [4.78, 5) is 23.0. The molecule has 0 saturated carbocycles. The number of hydrogen-bond donors (Lipinski definition) is 1. The SMILES string of the molecule is C=Cc1ccc(N(C)C(=O)c2ccc(-c3cnc4ccc(C5=CN(C)NC5)cn34)cc2F)nc1. The fraction of sp³-hybridized carbons (Fsp3) is 0.115. The van der Waals surface area contributed by atoms with Crippen molar-refractivity contribution in [2.24, 2.45) is 0 Å². The summed E-state index contributed by atoms with van der Waals surface area (Å²) in [5, 5.41) is 1.92. The van der Waals surface area contributed by atoms with Gasteiger partial charge in [0.1, 0.15) is 17.3 Å². The van der Waals surface area contributed by atoms with Gasteiger partial charge in [0.15, 0.2) is 0 Å². The van der Waals surface area contributed by atoms with Crippen molar-refractivity contribution in [2.75, 3.05) is 25.5 Å². The molecule has 1 aliphatic heterocycles. The Hall–Kier alpha value is -4.30. The maximum Gasteiger partial charge on any atom is 0.262 e. The van der Waals surface area contributed by atoms with Crippen LogP contribution in [0.15, 0.2) is 73.8 Å². The van der Waals surface area contributed by atoms with Crippen molar-refractivity contribution in [3.05, 3.63) is 96.3 Å². The van der Waals surface area contributed by atoms with E-state index in [0.717, 1.165) is 34.6 Å². The van der Waals surface area contributed by atoms with E-state index < -0.39 is 11.7 Å². The van der Waals surface area contributed by atoms with Crippen molar-refractivity contribution in [3.63, 3.8) is 0 Å². The van der Waals surface area contributed by atoms with Gasteiger partial charge in [-0.1, -0.05) is 18.7 Å². The van der Waals surface area contributed by atoms with Crippen molar-refractivity contribution >= 4 is 29.0 Å². The van der Waals surface area contributed by atoms with Crippen molar-refractivity contribution in [3.8, 4) is 11.3 Å². The Morgan fingerprint density at radius 1 is 1.15 bits per heavy atom. The van der Waals surface area contributed by atoms with Crippen LogP contribution < -0.4 is 10.3 Å². The number of amides is 1. The molecule has 0 radical (unpaired) electrons. The Bertz CT molecular complexity index is 1440. The summed E-state index contributed by atoms with van der Waals surface area (Å²) in [5.74, 6) is -0.657. The van der Waals surface area contributed by atoms with Crippen LogP contribution >= 0.6 is 0 Å². The lowest BCUT2D eigenvalue weighted by Crippen LogP contribution is -2.27. The zero-order chi connectivity index (χ0) is 23.8. The standard InChI is InChI=1S/C26H23FN6O/c1-4-17-5-9-24(28-12-17)32(3)26(34)21-8-6-18(11-22(21)27)23-14-29-25-10-7-19(16-33(23)25)20-13-30-31(2)15-20/h4-12,14-16,30H,1,13H2,2-3H3. The molecule has 1 aromatic carbocycles. The Morgan fingerprint density at radius 3 is 2.65 bits per heavy atom. The number of anilines is 1. The fourth-order valence-electron chi connectivity index (χ4n) is 3.94. The molecule has 0 aliphatic carbocycles. The Labute approximate surface area is 196 Å². The van der Waals surface area contributed by atoms with E-state index in [4.69, 9.17) is 0 Å². The van der Waals surface area contributed by atoms with E-state index in [1.165, 1.54) is 17.0 Å². The summed E-state index contributed by atoms with van der Waals surface area (Å²) in [6.07, 6.45) is 9.02. The first-order chi connectivity index (χ1) is 16.4. The molecule has 3 aromatic heterocycles. The second-order valence-electron chi connectivity index (χ2n) is 8.10. The molecule has 4 aromatic rings. The van der Waals surface area contributed by atoms with Gasteiger partial charge in [0.25, 0.3) is 5.91 Å². The summed E-state index contributed by atoms with van der Waals surface area (Å²) in [5.41, 5.74) is 8.36. The quantitative estimate of drug-likeness (QED) is 0.489. The van der Waals surface area contributed by atoms with Gasteiger partial charge in [-0.05, 0) is 53.1 Å². The van der Waals surface area contributed by atoms with Gasteiger partial charge in [0.05, 0.1) is 17.5 Å². The molecular formula is C26H23FN6O. The highest BCUT2D eigenvalue weighted by molar-refractivity contribution is 6.05. The molecule has 0 atom stereocenters. The zero-order valence-electron chi connectivity index (χ0n) is 18.9. The minimum Gasteiger partial charge on any atom is -0.318 e. The molecule has 0 fully saturated rings. The topological polar surface area (TPSA) is 65.8 Å². The van der Waals surface area contributed by atoms with Crippen LogP contribution in [-0.4, -0.2) is 45.9 Å². The maximum absolute atomic E-state index is 15.1. The van der Waals surface area contributed by atoms with E-state index >= 15 is 4.39 Å². The number of nitrogens with one attached hydrogen (secondary N) is 1. The van der Waals surface area contributed by atoms with Crippen molar-refractivity contribution in [1.82, 2.24) is 24.8 Å². The van der Waals surface area contributed by atoms with Crippen LogP contribution in [-0.2, 0) is 0 Å². The number of aromatic nitrogens is 3. The Kier molecular flexibility index (Phi) is 5.43. The number of benzene rings is 1. The molecule has 34 heavy (non-hydrogen) atoms. The largest absolute Gasteiger partial charge is 0.318 e. The van der Waals surface area contributed by atoms with Crippen LogP contribution in [0.5, 0.6) is 0 Å². The minimum atomic E-state index is -0.604. The van der Waals surface area contributed by atoms with E-state index in [9.17, 15) is 4.79 Å². The monoisotopic (exact) mass is 454 g/mol. The van der Waals surface area contributed by atoms with E-state index in [2.05, 4.69) is 22.0 Å². The molecule has 0 saturated heterocycles. The molecule has 0 unspecified atom stereocenters. The summed E-state index contributed by atoms with van der Waals surface area (Å²) in [7, 11) is 3.52. The molecule has 4 heterocycles. The first kappa shape index (κ1) is 21.5. The lowest BCUT2D eigenvalue weighted by Gasteiger charge is -2.17. The number of rotatable bonds is 5. The van der Waals surface area contributed by atoms with Gasteiger partial charge in [-0.3, -0.25) is 14.1 Å². The highest BCUT2D eigenvalue weighted by Gasteiger charge is 2.20. The number of hydrogen-bond acceptors (Lipinski definition) is 5. The van der Waals surface area contributed by atoms with Crippen molar-refractivity contribution < 1.29 is 9.18 Å². The van der Waals surface area contributed by atoms with Gasteiger partial charge in [0.2, 0.25) is 0 Å². The minimum absolute atomic E-state index is 0.0272. The average molecular weight is 455 g/mol. The van der Waals surface area contributed by atoms with Crippen molar-refractivity contribution in [1.29, 1.82) is 0 Å². The average Bonchev–Trinajstić information content (AvgIpc) is 3.49. The lowest BCUT2D eigenvalue weighted by molar-refractivity contribution is 0.0988. The number of imidazole rings is 1. The summed E-state index contributed by atoms with van der Waals surface area (Å²) in [6, 6.07) is 12.1. The second-order valence-corrected chi connectivity index (χ2v) is 8.10. The van der Waals surface area contributed by atoms with Crippen LogP contribution in [0.2, 0.25) is 0 Å². The lowest BCUT2D eigenvalue weighted by atomic mass is 10.1. The number of halogens is 1. The van der Waals surface area contributed by atoms with Crippen LogP contribution in [0.4, 0.5) is 10.2 Å². The molecule has 170 valence electrons. The number of carbonyl (C=O) groups is 1. The van der Waals surface area contributed by atoms with E-state index in [0.29, 0.717) is 11.4 Å². The molecule has 5 rings (SSSR count). The third-order valence-corrected chi connectivity index (χ3v) is 5.89. The summed E-state index contributed by atoms with van der Waals surface area (Å²) in [6.45, 7) is 4.42. The summed E-state index contributed by atoms with van der Waals surface area (Å²) < 4.78 is 17.1. The number of fused-ring (bicyclic) bond motifs is 1. The molecule has 1 aliphatic rings. The maximum atomic E-state index is 15.1. The predicted molar refractivity (Wildman–Crippen MR) is 131 cm³/mol. The Morgan fingerprint density at radius 2 is 1.97 bits per heavy atom. The summed E-state index contributed by atoms with van der Waals surface area (Å²) >= 11 is 0. The number of carbonyl (C=O) groups excluding carboxylic acids is 1. The zero-order valence-corrected chi connectivity index (χ0v) is 18.9. The van der Waals surface area contributed by atoms with E-state index in [-0.39, 0.29) is 5.56 Å². The fourth-order valence-corrected chi connectivity index (χ4v) is 3.94. The molecule has 1 amide bonds. The molecule has 7 nitrogen and oxygen atoms in total. The van der Waals surface area contributed by atoms with Gasteiger partial charge in [-0.25, -0.2) is 19.8 Å². The first-order valence-electron chi connectivity index (χ1n) is 10.8. The third kappa shape index (κ3) is 3.84. The first-order valence-corrected chi connectivity index (χ1v) is 10.8. The van der Waals surface area contributed by atoms with Gasteiger partial charge < -0.3 is 5.01 Å². The Balaban J connectivity index is 1.45.